The lowest BCUT2D eigenvalue weighted by Gasteiger charge is -2.08. The van der Waals surface area contributed by atoms with E-state index in [2.05, 4.69) is 26.2 Å². The van der Waals surface area contributed by atoms with E-state index in [9.17, 15) is 8.78 Å². The van der Waals surface area contributed by atoms with E-state index in [1.807, 2.05) is 6.92 Å². The van der Waals surface area contributed by atoms with Crippen molar-refractivity contribution in [1.29, 1.82) is 0 Å². The van der Waals surface area contributed by atoms with Crippen molar-refractivity contribution in [3.05, 3.63) is 28.2 Å². The van der Waals surface area contributed by atoms with Crippen LogP contribution in [0.5, 0.6) is 0 Å². The summed E-state index contributed by atoms with van der Waals surface area (Å²) in [6.45, 7) is 4.30. The van der Waals surface area contributed by atoms with Crippen LogP contribution in [0.1, 0.15) is 20.3 Å². The normalized spacial score (nSPS) is 11.7. The summed E-state index contributed by atoms with van der Waals surface area (Å²) in [4.78, 5) is 4.10. The summed E-state index contributed by atoms with van der Waals surface area (Å²) in [6, 6.07) is 2.41. The SMILES string of the molecule is CCCN=C(C)Nc1c(F)cc(Br)cc1F. The summed E-state index contributed by atoms with van der Waals surface area (Å²) in [5, 5.41) is 2.62. The maximum absolute atomic E-state index is 13.4. The lowest BCUT2D eigenvalue weighted by atomic mass is 10.3. The second kappa shape index (κ2) is 5.94. The van der Waals surface area contributed by atoms with Crippen LogP contribution in [0.4, 0.5) is 14.5 Å². The summed E-state index contributed by atoms with van der Waals surface area (Å²) in [7, 11) is 0. The van der Waals surface area contributed by atoms with Crippen molar-refractivity contribution in [2.24, 2.45) is 4.99 Å². The highest BCUT2D eigenvalue weighted by Gasteiger charge is 2.10. The predicted molar refractivity (Wildman–Crippen MR) is 65.9 cm³/mol. The Hall–Kier alpha value is -0.970. The van der Waals surface area contributed by atoms with Crippen molar-refractivity contribution in [3.63, 3.8) is 0 Å². The lowest BCUT2D eigenvalue weighted by molar-refractivity contribution is 0.589. The average Bonchev–Trinajstić information content (AvgIpc) is 2.20. The molecule has 1 N–H and O–H groups in total. The van der Waals surface area contributed by atoms with Gasteiger partial charge in [0.15, 0.2) is 11.6 Å². The van der Waals surface area contributed by atoms with Crippen molar-refractivity contribution >= 4 is 27.5 Å². The number of amidine groups is 1. The summed E-state index contributed by atoms with van der Waals surface area (Å²) in [5.41, 5.74) is -0.166. The zero-order valence-electron chi connectivity index (χ0n) is 9.15. The zero-order chi connectivity index (χ0) is 12.1. The molecule has 0 aliphatic heterocycles. The minimum atomic E-state index is -0.641. The molecule has 0 fully saturated rings. The van der Waals surface area contributed by atoms with E-state index in [-0.39, 0.29) is 5.69 Å². The molecular formula is C11H13BrF2N2. The molecule has 1 rings (SSSR count). The molecule has 16 heavy (non-hydrogen) atoms. The van der Waals surface area contributed by atoms with Crippen molar-refractivity contribution in [3.8, 4) is 0 Å². The van der Waals surface area contributed by atoms with Crippen LogP contribution in [-0.4, -0.2) is 12.4 Å². The van der Waals surface area contributed by atoms with E-state index in [0.717, 1.165) is 6.42 Å². The van der Waals surface area contributed by atoms with Gasteiger partial charge in [0.05, 0.1) is 5.84 Å². The highest BCUT2D eigenvalue weighted by atomic mass is 79.9. The quantitative estimate of drug-likeness (QED) is 0.661. The van der Waals surface area contributed by atoms with Crippen LogP contribution in [0.25, 0.3) is 0 Å². The minimum Gasteiger partial charge on any atom is -0.340 e. The number of halogens is 3. The van der Waals surface area contributed by atoms with Gasteiger partial charge in [-0.3, -0.25) is 4.99 Å². The van der Waals surface area contributed by atoms with Gasteiger partial charge in [-0.2, -0.15) is 0 Å². The summed E-state index contributed by atoms with van der Waals surface area (Å²) in [5.74, 6) is -0.780. The molecule has 0 aliphatic rings. The third-order valence-corrected chi connectivity index (χ3v) is 2.34. The number of aliphatic imine (C=N–C) groups is 1. The number of nitrogens with one attached hydrogen (secondary N) is 1. The zero-order valence-corrected chi connectivity index (χ0v) is 10.7. The largest absolute Gasteiger partial charge is 0.340 e. The highest BCUT2D eigenvalue weighted by molar-refractivity contribution is 9.10. The first-order valence-corrected chi connectivity index (χ1v) is 5.76. The number of benzene rings is 1. The molecule has 0 aromatic heterocycles. The van der Waals surface area contributed by atoms with Crippen LogP contribution >= 0.6 is 15.9 Å². The van der Waals surface area contributed by atoms with Crippen LogP contribution in [0.3, 0.4) is 0 Å². The standard InChI is InChI=1S/C11H13BrF2N2/c1-3-4-15-7(2)16-11-9(13)5-8(12)6-10(11)14/h5-6H,3-4H2,1-2H3,(H,15,16). The molecule has 0 radical (unpaired) electrons. The highest BCUT2D eigenvalue weighted by Crippen LogP contribution is 2.23. The Labute approximate surface area is 102 Å². The Morgan fingerprint density at radius 3 is 2.44 bits per heavy atom. The summed E-state index contributed by atoms with van der Waals surface area (Å²) < 4.78 is 27.2. The lowest BCUT2D eigenvalue weighted by Crippen LogP contribution is -2.11. The maximum atomic E-state index is 13.4. The molecule has 0 unspecified atom stereocenters. The second-order valence-corrected chi connectivity index (χ2v) is 4.25. The average molecular weight is 291 g/mol. The van der Waals surface area contributed by atoms with E-state index in [0.29, 0.717) is 16.9 Å². The van der Waals surface area contributed by atoms with Gasteiger partial charge in [0.1, 0.15) is 5.69 Å². The molecule has 0 amide bonds. The molecule has 1 aromatic carbocycles. The number of hydrogen-bond acceptors (Lipinski definition) is 1. The van der Waals surface area contributed by atoms with Gasteiger partial charge >= 0.3 is 0 Å². The molecule has 0 saturated carbocycles. The predicted octanol–water partition coefficient (Wildman–Crippen LogP) is 3.97. The van der Waals surface area contributed by atoms with E-state index in [1.165, 1.54) is 12.1 Å². The monoisotopic (exact) mass is 290 g/mol. The Bertz CT molecular complexity index is 382. The van der Waals surface area contributed by atoms with Gasteiger partial charge in [-0.15, -0.1) is 0 Å². The number of anilines is 1. The molecule has 0 aliphatic carbocycles. The fourth-order valence-corrected chi connectivity index (χ4v) is 1.56. The van der Waals surface area contributed by atoms with Gasteiger partial charge in [0, 0.05) is 11.0 Å². The first kappa shape index (κ1) is 13.1. The smallest absolute Gasteiger partial charge is 0.150 e. The first-order chi connectivity index (χ1) is 7.54. The Morgan fingerprint density at radius 2 is 1.94 bits per heavy atom. The minimum absolute atomic E-state index is 0.166. The van der Waals surface area contributed by atoms with Crippen molar-refractivity contribution < 1.29 is 8.78 Å². The van der Waals surface area contributed by atoms with Crippen LogP contribution in [0.2, 0.25) is 0 Å². The third-order valence-electron chi connectivity index (χ3n) is 1.89. The molecule has 0 bridgehead atoms. The fraction of sp³-hybridized carbons (Fsp3) is 0.364. The van der Waals surface area contributed by atoms with Crippen LogP contribution in [0, 0.1) is 11.6 Å². The molecule has 88 valence electrons. The molecule has 1 aromatic rings. The van der Waals surface area contributed by atoms with Gasteiger partial charge in [0.2, 0.25) is 0 Å². The van der Waals surface area contributed by atoms with Crippen LogP contribution in [0.15, 0.2) is 21.6 Å². The molecule has 2 nitrogen and oxygen atoms in total. The van der Waals surface area contributed by atoms with E-state index < -0.39 is 11.6 Å². The van der Waals surface area contributed by atoms with Crippen molar-refractivity contribution in [2.75, 3.05) is 11.9 Å². The van der Waals surface area contributed by atoms with Gasteiger partial charge in [-0.1, -0.05) is 22.9 Å². The topological polar surface area (TPSA) is 24.4 Å². The van der Waals surface area contributed by atoms with Gasteiger partial charge < -0.3 is 5.32 Å². The van der Waals surface area contributed by atoms with E-state index >= 15 is 0 Å². The van der Waals surface area contributed by atoms with Crippen molar-refractivity contribution in [1.82, 2.24) is 0 Å². The number of nitrogens with zero attached hydrogens (tertiary/aromatic N) is 1. The van der Waals surface area contributed by atoms with Gasteiger partial charge in [0.25, 0.3) is 0 Å². The van der Waals surface area contributed by atoms with Gasteiger partial charge in [-0.05, 0) is 25.5 Å². The Kier molecular flexibility index (Phi) is 4.86. The maximum Gasteiger partial charge on any atom is 0.150 e. The molecular weight excluding hydrogens is 278 g/mol. The summed E-state index contributed by atoms with van der Waals surface area (Å²) in [6.07, 6.45) is 0.893. The van der Waals surface area contributed by atoms with Gasteiger partial charge in [-0.25, -0.2) is 8.78 Å². The number of rotatable bonds is 3. The first-order valence-electron chi connectivity index (χ1n) is 4.97. The second-order valence-electron chi connectivity index (χ2n) is 3.34. The third kappa shape index (κ3) is 3.56. The Balaban J connectivity index is 2.89. The number of hydrogen-bond donors (Lipinski definition) is 1. The molecule has 5 heteroatoms. The summed E-state index contributed by atoms with van der Waals surface area (Å²) >= 11 is 3.02. The molecule has 0 spiro atoms. The molecule has 0 saturated heterocycles. The van der Waals surface area contributed by atoms with Crippen LogP contribution in [-0.2, 0) is 0 Å². The van der Waals surface area contributed by atoms with Crippen molar-refractivity contribution in [2.45, 2.75) is 20.3 Å². The molecule has 0 atom stereocenters. The fourth-order valence-electron chi connectivity index (χ4n) is 1.16. The van der Waals surface area contributed by atoms with E-state index in [1.54, 1.807) is 6.92 Å². The Morgan fingerprint density at radius 1 is 1.38 bits per heavy atom. The van der Waals surface area contributed by atoms with Crippen LogP contribution < -0.4 is 5.32 Å². The molecule has 0 heterocycles. The van der Waals surface area contributed by atoms with E-state index in [4.69, 9.17) is 0 Å².